The van der Waals surface area contributed by atoms with Gasteiger partial charge in [0.1, 0.15) is 23.7 Å². The average molecular weight is 452 g/mol. The van der Waals surface area contributed by atoms with Crippen LogP contribution in [0.5, 0.6) is 5.75 Å². The number of nitrogens with zero attached hydrogens (tertiary/aromatic N) is 2. The Morgan fingerprint density at radius 1 is 1.03 bits per heavy atom. The van der Waals surface area contributed by atoms with Gasteiger partial charge in [0.15, 0.2) is 0 Å². The summed E-state index contributed by atoms with van der Waals surface area (Å²) < 4.78 is 26.5. The molecule has 152 valence electrons. The summed E-state index contributed by atoms with van der Waals surface area (Å²) in [6.45, 7) is 0. The number of anilines is 4. The van der Waals surface area contributed by atoms with Crippen LogP contribution in [-0.4, -0.2) is 36.8 Å². The van der Waals surface area contributed by atoms with Gasteiger partial charge in [-0.2, -0.15) is 0 Å². The average Bonchev–Trinajstić information content (AvgIpc) is 2.71. The van der Waals surface area contributed by atoms with E-state index in [4.69, 9.17) is 11.6 Å². The molecule has 0 fully saturated rings. The van der Waals surface area contributed by atoms with Crippen LogP contribution in [0.1, 0.15) is 0 Å². The normalized spacial score (nSPS) is 11.3. The minimum Gasteiger partial charge on any atom is -0.506 e. The highest BCUT2D eigenvalue weighted by molar-refractivity contribution is 7.98. The van der Waals surface area contributed by atoms with Crippen molar-refractivity contribution in [3.8, 4) is 5.75 Å². The number of hydrogen-bond acceptors (Lipinski definition) is 8. The topological polar surface area (TPSA) is 116 Å². The Balaban J connectivity index is 1.88. The van der Waals surface area contributed by atoms with Crippen molar-refractivity contribution in [2.75, 3.05) is 23.9 Å². The Labute approximate surface area is 177 Å². The van der Waals surface area contributed by atoms with Crippen molar-refractivity contribution < 1.29 is 13.5 Å². The zero-order valence-electron chi connectivity index (χ0n) is 15.5. The number of aromatic hydroxyl groups is 1. The van der Waals surface area contributed by atoms with Gasteiger partial charge in [0.2, 0.25) is 10.0 Å². The summed E-state index contributed by atoms with van der Waals surface area (Å²) in [4.78, 5) is 9.36. The first-order valence-corrected chi connectivity index (χ1v) is 11.4. The van der Waals surface area contributed by atoms with Crippen LogP contribution in [0.3, 0.4) is 0 Å². The van der Waals surface area contributed by atoms with E-state index in [1.165, 1.54) is 31.2 Å². The van der Waals surface area contributed by atoms with Crippen molar-refractivity contribution in [1.82, 2.24) is 14.7 Å². The van der Waals surface area contributed by atoms with Crippen LogP contribution in [0.4, 0.5) is 23.0 Å². The molecule has 8 nitrogen and oxygen atoms in total. The predicted molar refractivity (Wildman–Crippen MR) is 116 cm³/mol. The minimum atomic E-state index is -3.57. The highest BCUT2D eigenvalue weighted by Crippen LogP contribution is 2.31. The fourth-order valence-electron chi connectivity index (χ4n) is 2.43. The van der Waals surface area contributed by atoms with Crippen LogP contribution in [0.25, 0.3) is 0 Å². The van der Waals surface area contributed by atoms with E-state index in [1.807, 2.05) is 6.26 Å². The lowest BCUT2D eigenvalue weighted by Gasteiger charge is -2.13. The lowest BCUT2D eigenvalue weighted by atomic mass is 10.3. The van der Waals surface area contributed by atoms with Crippen molar-refractivity contribution in [3.63, 3.8) is 0 Å². The van der Waals surface area contributed by atoms with E-state index in [0.717, 1.165) is 4.90 Å². The molecule has 0 unspecified atom stereocenters. The molecule has 1 aromatic heterocycles. The number of nitrogens with one attached hydrogen (secondary N) is 3. The first-order chi connectivity index (χ1) is 13.8. The van der Waals surface area contributed by atoms with Gasteiger partial charge in [-0.25, -0.2) is 23.1 Å². The highest BCUT2D eigenvalue weighted by Gasteiger charge is 2.14. The molecule has 3 rings (SSSR count). The van der Waals surface area contributed by atoms with Gasteiger partial charge in [-0.1, -0.05) is 11.6 Å². The van der Waals surface area contributed by atoms with Gasteiger partial charge in [-0.3, -0.25) is 0 Å². The SMILES string of the molecule is CNS(=O)(=O)c1ccc(SC)c(Nc2cc(Nc3ccc(O)c(Cl)c3)ncn2)c1. The third kappa shape index (κ3) is 5.10. The molecular weight excluding hydrogens is 434 g/mol. The summed E-state index contributed by atoms with van der Waals surface area (Å²) in [7, 11) is -2.21. The molecule has 29 heavy (non-hydrogen) atoms. The van der Waals surface area contributed by atoms with E-state index < -0.39 is 10.0 Å². The number of benzene rings is 2. The molecule has 3 aromatic rings. The van der Waals surface area contributed by atoms with Gasteiger partial charge in [-0.05, 0) is 49.7 Å². The minimum absolute atomic E-state index is 0.0109. The number of thioether (sulfide) groups is 1. The summed E-state index contributed by atoms with van der Waals surface area (Å²) in [6.07, 6.45) is 3.27. The van der Waals surface area contributed by atoms with Crippen molar-refractivity contribution in [3.05, 3.63) is 53.8 Å². The molecule has 0 radical (unpaired) electrons. The van der Waals surface area contributed by atoms with E-state index in [-0.39, 0.29) is 15.7 Å². The maximum atomic E-state index is 12.1. The number of phenolic OH excluding ortho intramolecular Hbond substituents is 1. The number of phenols is 1. The molecule has 0 bridgehead atoms. The van der Waals surface area contributed by atoms with E-state index >= 15 is 0 Å². The molecular formula is C18H18ClN5O3S2. The van der Waals surface area contributed by atoms with Crippen molar-refractivity contribution >= 4 is 56.4 Å². The second-order valence-electron chi connectivity index (χ2n) is 5.77. The third-order valence-corrected chi connectivity index (χ3v) is 6.41. The van der Waals surface area contributed by atoms with Gasteiger partial charge in [-0.15, -0.1) is 11.8 Å². The van der Waals surface area contributed by atoms with Gasteiger partial charge in [0, 0.05) is 16.6 Å². The number of halogens is 1. The molecule has 1 heterocycles. The van der Waals surface area contributed by atoms with Crippen LogP contribution in [0.15, 0.2) is 58.6 Å². The van der Waals surface area contributed by atoms with Crippen LogP contribution >= 0.6 is 23.4 Å². The van der Waals surface area contributed by atoms with Gasteiger partial charge < -0.3 is 15.7 Å². The zero-order chi connectivity index (χ0) is 21.0. The summed E-state index contributed by atoms with van der Waals surface area (Å²) in [6, 6.07) is 11.2. The number of aromatic nitrogens is 2. The van der Waals surface area contributed by atoms with Crippen molar-refractivity contribution in [1.29, 1.82) is 0 Å². The van der Waals surface area contributed by atoms with E-state index in [1.54, 1.807) is 36.4 Å². The third-order valence-electron chi connectivity index (χ3n) is 3.90. The monoisotopic (exact) mass is 451 g/mol. The predicted octanol–water partition coefficient (Wildman–Crippen LogP) is 3.95. The van der Waals surface area contributed by atoms with Gasteiger partial charge in [0.05, 0.1) is 15.6 Å². The molecule has 0 saturated carbocycles. The molecule has 0 aliphatic rings. The molecule has 0 saturated heterocycles. The Kier molecular flexibility index (Phi) is 6.48. The molecule has 11 heteroatoms. The molecule has 0 aliphatic carbocycles. The quantitative estimate of drug-likeness (QED) is 0.315. The van der Waals surface area contributed by atoms with Crippen LogP contribution in [0, 0.1) is 0 Å². The second-order valence-corrected chi connectivity index (χ2v) is 8.92. The van der Waals surface area contributed by atoms with E-state index in [0.29, 0.717) is 23.0 Å². The van der Waals surface area contributed by atoms with Crippen molar-refractivity contribution in [2.24, 2.45) is 0 Å². The summed E-state index contributed by atoms with van der Waals surface area (Å²) in [5.74, 6) is 0.957. The largest absolute Gasteiger partial charge is 0.506 e. The molecule has 0 amide bonds. The maximum Gasteiger partial charge on any atom is 0.240 e. The molecule has 0 aliphatic heterocycles. The number of hydrogen-bond donors (Lipinski definition) is 4. The maximum absolute atomic E-state index is 12.1. The Morgan fingerprint density at radius 2 is 1.76 bits per heavy atom. The number of rotatable bonds is 7. The molecule has 4 N–H and O–H groups in total. The van der Waals surface area contributed by atoms with Gasteiger partial charge in [0.25, 0.3) is 0 Å². The van der Waals surface area contributed by atoms with Crippen LogP contribution < -0.4 is 15.4 Å². The van der Waals surface area contributed by atoms with Crippen LogP contribution in [0.2, 0.25) is 5.02 Å². The fraction of sp³-hybridized carbons (Fsp3) is 0.111. The number of sulfonamides is 1. The molecule has 2 aromatic carbocycles. The molecule has 0 spiro atoms. The Hall–Kier alpha value is -2.53. The lowest BCUT2D eigenvalue weighted by molar-refractivity contribution is 0.475. The second kappa shape index (κ2) is 8.87. The van der Waals surface area contributed by atoms with E-state index in [2.05, 4.69) is 25.3 Å². The van der Waals surface area contributed by atoms with Crippen molar-refractivity contribution in [2.45, 2.75) is 9.79 Å². The van der Waals surface area contributed by atoms with E-state index in [9.17, 15) is 13.5 Å². The summed E-state index contributed by atoms with van der Waals surface area (Å²) in [5.41, 5.74) is 1.25. The first kappa shape index (κ1) is 21.2. The summed E-state index contributed by atoms with van der Waals surface area (Å²) in [5, 5.41) is 15.9. The van der Waals surface area contributed by atoms with Gasteiger partial charge >= 0.3 is 0 Å². The lowest BCUT2D eigenvalue weighted by Crippen LogP contribution is -2.18. The smallest absolute Gasteiger partial charge is 0.240 e. The van der Waals surface area contributed by atoms with Crippen LogP contribution in [-0.2, 0) is 10.0 Å². The first-order valence-electron chi connectivity index (χ1n) is 8.28. The zero-order valence-corrected chi connectivity index (χ0v) is 17.9. The Bertz CT molecular complexity index is 1140. The Morgan fingerprint density at radius 3 is 2.41 bits per heavy atom. The fourth-order valence-corrected chi connectivity index (χ4v) is 3.90. The summed E-state index contributed by atoms with van der Waals surface area (Å²) >= 11 is 7.40. The molecule has 0 atom stereocenters. The highest BCUT2D eigenvalue weighted by atomic mass is 35.5. The standard InChI is InChI=1S/C18H18ClN5O3S2/c1-20-29(26,27)12-4-6-16(28-2)14(8-12)24-18-9-17(21-10-22-18)23-11-3-5-15(25)13(19)7-11/h3-10,20,25H,1-2H3,(H2,21,22,23,24).